The minimum atomic E-state index is 0. The summed E-state index contributed by atoms with van der Waals surface area (Å²) in [6, 6.07) is 8.29. The van der Waals surface area contributed by atoms with Crippen LogP contribution in [0.15, 0.2) is 24.3 Å². The molecule has 0 aliphatic rings. The van der Waals surface area contributed by atoms with Gasteiger partial charge in [0.25, 0.3) is 0 Å². The van der Waals surface area contributed by atoms with Gasteiger partial charge in [-0.3, -0.25) is 0 Å². The van der Waals surface area contributed by atoms with E-state index in [0.29, 0.717) is 5.25 Å². The van der Waals surface area contributed by atoms with E-state index in [1.807, 2.05) is 23.9 Å². The number of ether oxygens (including phenoxy) is 1. The smallest absolute Gasteiger partial charge is 0 e. The Morgan fingerprint density at radius 3 is 1.75 bits per heavy atom. The van der Waals surface area contributed by atoms with Crippen molar-refractivity contribution in [2.24, 2.45) is 0 Å². The molecular weight excluding hydrogens is 316 g/mol. The van der Waals surface area contributed by atoms with E-state index in [-0.39, 0.29) is 17.4 Å². The number of methoxy groups -OCH3 is 1. The van der Waals surface area contributed by atoms with Gasteiger partial charge in [0, 0.05) is 22.6 Å². The van der Waals surface area contributed by atoms with E-state index in [1.54, 1.807) is 7.11 Å². The normalized spacial score (nSPS) is 8.45. The molecule has 0 saturated carbocycles. The first-order valence-electron chi connectivity index (χ1n) is 5.14. The predicted molar refractivity (Wildman–Crippen MR) is 71.3 cm³/mol. The molecule has 0 saturated heterocycles. The zero-order chi connectivity index (χ0) is 15.7. The Labute approximate surface area is 135 Å². The van der Waals surface area contributed by atoms with E-state index < -0.39 is 0 Å². The second kappa shape index (κ2) is 23.2. The predicted octanol–water partition coefficient (Wildman–Crippen LogP) is 3.39. The fourth-order valence-corrected chi connectivity index (χ4v) is 2.07. The second-order valence-electron chi connectivity index (χ2n) is 2.87. The largest absolute Gasteiger partial charge is 0 e. The maximum absolute atomic E-state index is 7.50. The third kappa shape index (κ3) is 13.6. The van der Waals surface area contributed by atoms with Gasteiger partial charge in [0.1, 0.15) is 5.75 Å². The Morgan fingerprint density at radius 1 is 1.05 bits per heavy atom. The molecule has 1 aromatic rings. The van der Waals surface area contributed by atoms with E-state index in [1.165, 1.54) is 5.56 Å². The number of benzene rings is 1. The standard InChI is InChI=1S/C11H16OS.3CO.Cr/c1-4-13-9(2)10-5-7-11(12-3)8-6-10;3*1-2;/h5-9H,4H2,1-3H3;;;;/t9-;;;;/m1..../s1. The monoisotopic (exact) mass is 332 g/mol. The number of rotatable bonds is 4. The van der Waals surface area contributed by atoms with Crippen LogP contribution in [0, 0.1) is 20.0 Å². The van der Waals surface area contributed by atoms with Crippen molar-refractivity contribution in [3.63, 3.8) is 0 Å². The average Bonchev–Trinajstić information content (AvgIpc) is 2.53. The molecule has 6 heteroatoms. The summed E-state index contributed by atoms with van der Waals surface area (Å²) in [6.45, 7) is 17.9. The van der Waals surface area contributed by atoms with Crippen LogP contribution >= 0.6 is 11.8 Å². The fraction of sp³-hybridized carbons (Fsp3) is 0.357. The third-order valence-electron chi connectivity index (χ3n) is 2.00. The molecule has 0 fully saturated rings. The maximum Gasteiger partial charge on any atom is 0 e. The molecule has 0 aromatic heterocycles. The van der Waals surface area contributed by atoms with Gasteiger partial charge in [-0.15, -0.1) is 0 Å². The molecule has 0 heterocycles. The SMILES string of the molecule is CCS[C@H](C)c1ccc(OC)cc1.[C-]#[O+].[C-]#[O+].[C-]#[O+].[Cr]. The zero-order valence-electron chi connectivity index (χ0n) is 11.5. The molecule has 0 spiro atoms. The van der Waals surface area contributed by atoms with Crippen LogP contribution in [0.4, 0.5) is 0 Å². The summed E-state index contributed by atoms with van der Waals surface area (Å²) < 4.78 is 27.6. The van der Waals surface area contributed by atoms with E-state index in [2.05, 4.69) is 45.9 Å². The molecule has 0 amide bonds. The van der Waals surface area contributed by atoms with Crippen molar-refractivity contribution in [2.45, 2.75) is 19.1 Å². The minimum Gasteiger partial charge on any atom is 0 e. The molecule has 0 bridgehead atoms. The summed E-state index contributed by atoms with van der Waals surface area (Å²) in [6.07, 6.45) is 0. The molecule has 0 aliphatic heterocycles. The first kappa shape index (κ1) is 27.5. The number of hydrogen-bond acceptors (Lipinski definition) is 2. The molecule has 0 unspecified atom stereocenters. The second-order valence-corrected chi connectivity index (χ2v) is 4.49. The van der Waals surface area contributed by atoms with Gasteiger partial charge >= 0.3 is 33.9 Å². The molecule has 1 aromatic carbocycles. The van der Waals surface area contributed by atoms with Crippen molar-refractivity contribution in [1.29, 1.82) is 0 Å². The van der Waals surface area contributed by atoms with Gasteiger partial charge in [-0.2, -0.15) is 11.8 Å². The van der Waals surface area contributed by atoms with E-state index in [4.69, 9.17) is 18.7 Å². The summed E-state index contributed by atoms with van der Waals surface area (Å²) >= 11 is 1.96. The molecule has 1 rings (SSSR count). The van der Waals surface area contributed by atoms with Gasteiger partial charge in [0.2, 0.25) is 0 Å². The van der Waals surface area contributed by atoms with Gasteiger partial charge < -0.3 is 4.74 Å². The van der Waals surface area contributed by atoms with Crippen molar-refractivity contribution in [2.75, 3.05) is 12.9 Å². The fourth-order valence-electron chi connectivity index (χ4n) is 1.22. The minimum absolute atomic E-state index is 0. The molecular formula is C14H16CrO4S. The van der Waals surface area contributed by atoms with Crippen molar-refractivity contribution in [3.8, 4) is 5.75 Å². The maximum atomic E-state index is 7.50. The van der Waals surface area contributed by atoms with Gasteiger partial charge in [0.15, 0.2) is 0 Å². The van der Waals surface area contributed by atoms with Gasteiger partial charge in [-0.05, 0) is 30.4 Å². The average molecular weight is 332 g/mol. The zero-order valence-corrected chi connectivity index (χ0v) is 13.6. The van der Waals surface area contributed by atoms with Crippen LogP contribution in [0.5, 0.6) is 5.75 Å². The van der Waals surface area contributed by atoms with Gasteiger partial charge in [-0.25, -0.2) is 0 Å². The van der Waals surface area contributed by atoms with Crippen molar-refractivity contribution >= 4 is 11.8 Å². The number of hydrogen-bond donors (Lipinski definition) is 0. The summed E-state index contributed by atoms with van der Waals surface area (Å²) in [5.41, 5.74) is 1.37. The molecule has 108 valence electrons. The number of thioether (sulfide) groups is 1. The van der Waals surface area contributed by atoms with Crippen LogP contribution in [0.1, 0.15) is 24.7 Å². The van der Waals surface area contributed by atoms with E-state index >= 15 is 0 Å². The van der Waals surface area contributed by atoms with Crippen molar-refractivity contribution < 1.29 is 36.1 Å². The first-order chi connectivity index (χ1) is 9.27. The van der Waals surface area contributed by atoms with Crippen LogP contribution in [0.25, 0.3) is 0 Å². The Morgan fingerprint density at radius 2 is 1.45 bits per heavy atom. The van der Waals surface area contributed by atoms with Gasteiger partial charge in [-0.1, -0.05) is 19.1 Å². The first-order valence-corrected chi connectivity index (χ1v) is 6.19. The molecule has 0 radical (unpaired) electrons. The van der Waals surface area contributed by atoms with Crippen LogP contribution in [-0.4, -0.2) is 12.9 Å². The topological polar surface area (TPSA) is 68.9 Å². The summed E-state index contributed by atoms with van der Waals surface area (Å²) in [7, 11) is 1.69. The molecule has 0 N–H and O–H groups in total. The third-order valence-corrected chi connectivity index (χ3v) is 3.11. The van der Waals surface area contributed by atoms with Crippen molar-refractivity contribution in [1.82, 2.24) is 0 Å². The molecule has 0 aliphatic carbocycles. The molecule has 4 nitrogen and oxygen atoms in total. The quantitative estimate of drug-likeness (QED) is 0.626. The Balaban J connectivity index is -0.000000162. The van der Waals surface area contributed by atoms with Crippen molar-refractivity contribution in [3.05, 3.63) is 49.8 Å². The van der Waals surface area contributed by atoms with Crippen LogP contribution in [0.3, 0.4) is 0 Å². The van der Waals surface area contributed by atoms with Crippen LogP contribution < -0.4 is 4.74 Å². The van der Waals surface area contributed by atoms with E-state index in [9.17, 15) is 0 Å². The summed E-state index contributed by atoms with van der Waals surface area (Å²) in [5.74, 6) is 2.09. The van der Waals surface area contributed by atoms with Crippen LogP contribution in [-0.2, 0) is 31.3 Å². The van der Waals surface area contributed by atoms with E-state index in [0.717, 1.165) is 11.5 Å². The summed E-state index contributed by atoms with van der Waals surface area (Å²) in [5, 5.41) is 0.580. The molecule has 20 heavy (non-hydrogen) atoms. The summed E-state index contributed by atoms with van der Waals surface area (Å²) in [4.78, 5) is 0. The van der Waals surface area contributed by atoms with Gasteiger partial charge in [0.05, 0.1) is 7.11 Å². The Kier molecular flexibility index (Phi) is 31.9. The molecule has 1 atom stereocenters. The van der Waals surface area contributed by atoms with Crippen LogP contribution in [0.2, 0.25) is 0 Å². The Bertz CT molecular complexity index is 345. The Hall–Kier alpha value is -0.878.